The second-order valence-corrected chi connectivity index (χ2v) is 6.64. The molecule has 0 aliphatic carbocycles. The Morgan fingerprint density at radius 1 is 1.45 bits per heavy atom. The van der Waals surface area contributed by atoms with Gasteiger partial charge in [-0.25, -0.2) is 4.79 Å². The number of rotatable bonds is 8. The molecule has 2 N–H and O–H groups in total. The SMILES string of the molecule is CCN(CC)S(=O)(=O)NCc1sccc1/C=C/C(=O)O. The summed E-state index contributed by atoms with van der Waals surface area (Å²) in [5.41, 5.74) is 0.708. The first-order valence-corrected chi connectivity index (χ1v) is 8.44. The summed E-state index contributed by atoms with van der Waals surface area (Å²) in [4.78, 5) is 11.3. The van der Waals surface area contributed by atoms with Crippen LogP contribution in [0.15, 0.2) is 17.5 Å². The summed E-state index contributed by atoms with van der Waals surface area (Å²) in [7, 11) is -3.50. The van der Waals surface area contributed by atoms with E-state index in [1.807, 2.05) is 0 Å². The van der Waals surface area contributed by atoms with Crippen molar-refractivity contribution in [2.24, 2.45) is 0 Å². The van der Waals surface area contributed by atoms with Gasteiger partial charge in [0, 0.05) is 30.6 Å². The van der Waals surface area contributed by atoms with E-state index in [0.29, 0.717) is 18.7 Å². The van der Waals surface area contributed by atoms with Crippen LogP contribution in [0.4, 0.5) is 0 Å². The molecule has 0 saturated heterocycles. The van der Waals surface area contributed by atoms with Crippen molar-refractivity contribution in [1.82, 2.24) is 9.03 Å². The van der Waals surface area contributed by atoms with Crippen molar-refractivity contribution in [3.8, 4) is 0 Å². The molecule has 8 heteroatoms. The third-order valence-corrected chi connectivity index (χ3v) is 5.29. The first-order valence-electron chi connectivity index (χ1n) is 6.12. The topological polar surface area (TPSA) is 86.7 Å². The molecule has 0 aliphatic rings. The lowest BCUT2D eigenvalue weighted by molar-refractivity contribution is -0.131. The van der Waals surface area contributed by atoms with Crippen molar-refractivity contribution in [3.63, 3.8) is 0 Å². The highest BCUT2D eigenvalue weighted by Gasteiger charge is 2.18. The lowest BCUT2D eigenvalue weighted by Gasteiger charge is -2.18. The Bertz CT molecular complexity index is 574. The molecule has 0 aliphatic heterocycles. The van der Waals surface area contributed by atoms with Crippen LogP contribution >= 0.6 is 11.3 Å². The fourth-order valence-corrected chi connectivity index (χ4v) is 3.70. The standard InChI is InChI=1S/C12H18N2O4S2/c1-3-14(4-2)20(17,18)13-9-11-10(7-8-19-11)5-6-12(15)16/h5-8,13H,3-4,9H2,1-2H3,(H,15,16)/b6-5+. The average molecular weight is 318 g/mol. The van der Waals surface area contributed by atoms with Gasteiger partial charge in [-0.05, 0) is 23.1 Å². The van der Waals surface area contributed by atoms with Gasteiger partial charge in [0.25, 0.3) is 10.2 Å². The Hall–Kier alpha value is -1.22. The number of nitrogens with one attached hydrogen (secondary N) is 1. The molecule has 0 unspecified atom stereocenters. The quantitative estimate of drug-likeness (QED) is 0.712. The molecule has 0 aromatic carbocycles. The number of aliphatic carboxylic acids is 1. The molecule has 0 radical (unpaired) electrons. The van der Waals surface area contributed by atoms with E-state index >= 15 is 0 Å². The number of carbonyl (C=O) groups is 1. The molecule has 20 heavy (non-hydrogen) atoms. The molecule has 0 saturated carbocycles. The highest BCUT2D eigenvalue weighted by atomic mass is 32.2. The van der Waals surface area contributed by atoms with E-state index in [-0.39, 0.29) is 6.54 Å². The van der Waals surface area contributed by atoms with Crippen molar-refractivity contribution in [2.45, 2.75) is 20.4 Å². The van der Waals surface area contributed by atoms with Crippen LogP contribution in [0.5, 0.6) is 0 Å². The summed E-state index contributed by atoms with van der Waals surface area (Å²) in [6.07, 6.45) is 2.49. The first-order chi connectivity index (χ1) is 9.40. The van der Waals surface area contributed by atoms with Crippen LogP contribution in [0, 0.1) is 0 Å². The van der Waals surface area contributed by atoms with E-state index in [4.69, 9.17) is 5.11 Å². The third kappa shape index (κ3) is 4.71. The number of hydrogen-bond donors (Lipinski definition) is 2. The molecular weight excluding hydrogens is 300 g/mol. The highest BCUT2D eigenvalue weighted by molar-refractivity contribution is 7.87. The van der Waals surface area contributed by atoms with Gasteiger partial charge >= 0.3 is 5.97 Å². The zero-order valence-corrected chi connectivity index (χ0v) is 13.0. The van der Waals surface area contributed by atoms with E-state index in [1.165, 1.54) is 21.7 Å². The molecule has 6 nitrogen and oxygen atoms in total. The van der Waals surface area contributed by atoms with Gasteiger partial charge in [0.15, 0.2) is 0 Å². The van der Waals surface area contributed by atoms with Gasteiger partial charge in [-0.3, -0.25) is 0 Å². The molecule has 1 heterocycles. The fourth-order valence-electron chi connectivity index (χ4n) is 1.62. The van der Waals surface area contributed by atoms with Crippen LogP contribution in [-0.4, -0.2) is 36.9 Å². The lowest BCUT2D eigenvalue weighted by atomic mass is 10.2. The second-order valence-electron chi connectivity index (χ2n) is 3.88. The van der Waals surface area contributed by atoms with Crippen molar-refractivity contribution in [1.29, 1.82) is 0 Å². The average Bonchev–Trinajstić information content (AvgIpc) is 2.82. The van der Waals surface area contributed by atoms with E-state index < -0.39 is 16.2 Å². The van der Waals surface area contributed by atoms with Crippen molar-refractivity contribution in [3.05, 3.63) is 28.0 Å². The molecule has 1 aromatic rings. The minimum Gasteiger partial charge on any atom is -0.478 e. The van der Waals surface area contributed by atoms with Gasteiger partial charge in [0.05, 0.1) is 0 Å². The van der Waals surface area contributed by atoms with Gasteiger partial charge in [-0.2, -0.15) is 17.4 Å². The van der Waals surface area contributed by atoms with Gasteiger partial charge < -0.3 is 5.11 Å². The molecular formula is C12H18N2O4S2. The third-order valence-electron chi connectivity index (χ3n) is 2.65. The van der Waals surface area contributed by atoms with Crippen LogP contribution in [0.25, 0.3) is 6.08 Å². The number of carboxylic acids is 1. The molecule has 1 aromatic heterocycles. The lowest BCUT2D eigenvalue weighted by Crippen LogP contribution is -2.40. The Morgan fingerprint density at radius 3 is 2.65 bits per heavy atom. The second kappa shape index (κ2) is 7.53. The summed E-state index contributed by atoms with van der Waals surface area (Å²) in [5, 5.41) is 10.4. The number of nitrogens with zero attached hydrogens (tertiary/aromatic N) is 1. The highest BCUT2D eigenvalue weighted by Crippen LogP contribution is 2.18. The molecule has 0 amide bonds. The Labute approximate surface area is 122 Å². The van der Waals surface area contributed by atoms with Crippen molar-refractivity contribution in [2.75, 3.05) is 13.1 Å². The summed E-state index contributed by atoms with van der Waals surface area (Å²) < 4.78 is 27.8. The summed E-state index contributed by atoms with van der Waals surface area (Å²) in [6.45, 7) is 4.50. The Balaban J connectivity index is 2.76. The zero-order chi connectivity index (χ0) is 15.2. The minimum atomic E-state index is -3.50. The van der Waals surface area contributed by atoms with E-state index in [1.54, 1.807) is 25.3 Å². The monoisotopic (exact) mass is 318 g/mol. The number of thiophene rings is 1. The van der Waals surface area contributed by atoms with E-state index in [2.05, 4.69) is 4.72 Å². The van der Waals surface area contributed by atoms with Gasteiger partial charge in [0.2, 0.25) is 0 Å². The Morgan fingerprint density at radius 2 is 2.10 bits per heavy atom. The number of hydrogen-bond acceptors (Lipinski definition) is 4. The van der Waals surface area contributed by atoms with Gasteiger partial charge in [-0.15, -0.1) is 11.3 Å². The normalized spacial score (nSPS) is 12.3. The van der Waals surface area contributed by atoms with Crippen LogP contribution in [-0.2, 0) is 21.5 Å². The molecule has 1 rings (SSSR count). The summed E-state index contributed by atoms with van der Waals surface area (Å²) in [5.74, 6) is -1.04. The fraction of sp³-hybridized carbons (Fsp3) is 0.417. The van der Waals surface area contributed by atoms with E-state index in [9.17, 15) is 13.2 Å². The molecule has 112 valence electrons. The molecule has 0 spiro atoms. The smallest absolute Gasteiger partial charge is 0.328 e. The van der Waals surface area contributed by atoms with Gasteiger partial charge in [0.1, 0.15) is 0 Å². The van der Waals surface area contributed by atoms with Crippen molar-refractivity contribution >= 4 is 33.6 Å². The van der Waals surface area contributed by atoms with E-state index in [0.717, 1.165) is 11.0 Å². The van der Waals surface area contributed by atoms with Crippen LogP contribution < -0.4 is 4.72 Å². The maximum atomic E-state index is 12.0. The largest absolute Gasteiger partial charge is 0.478 e. The van der Waals surface area contributed by atoms with Crippen LogP contribution in [0.3, 0.4) is 0 Å². The zero-order valence-electron chi connectivity index (χ0n) is 11.4. The predicted octanol–water partition coefficient (Wildman–Crippen LogP) is 1.52. The molecule has 0 fully saturated rings. The summed E-state index contributed by atoms with van der Waals surface area (Å²) in [6, 6.07) is 1.76. The molecule has 0 bridgehead atoms. The van der Waals surface area contributed by atoms with Crippen LogP contribution in [0.1, 0.15) is 24.3 Å². The maximum absolute atomic E-state index is 12.0. The predicted molar refractivity (Wildman–Crippen MR) is 79.7 cm³/mol. The molecule has 0 atom stereocenters. The summed E-state index contributed by atoms with van der Waals surface area (Å²) >= 11 is 1.38. The first kappa shape index (κ1) is 16.8. The van der Waals surface area contributed by atoms with Crippen molar-refractivity contribution < 1.29 is 18.3 Å². The minimum absolute atomic E-state index is 0.149. The maximum Gasteiger partial charge on any atom is 0.328 e. The van der Waals surface area contributed by atoms with Crippen LogP contribution in [0.2, 0.25) is 0 Å². The Kier molecular flexibility index (Phi) is 6.34. The van der Waals surface area contributed by atoms with Gasteiger partial charge in [-0.1, -0.05) is 13.8 Å². The number of carboxylic acid groups (broad SMARTS) is 1.